The van der Waals surface area contributed by atoms with Gasteiger partial charge in [0.15, 0.2) is 0 Å². The highest BCUT2D eigenvalue weighted by atomic mass is 32.1. The minimum absolute atomic E-state index is 0.0462. The van der Waals surface area contributed by atoms with E-state index in [2.05, 4.69) is 12.1 Å². The van der Waals surface area contributed by atoms with Crippen LogP contribution in [0.2, 0.25) is 0 Å². The van der Waals surface area contributed by atoms with Crippen molar-refractivity contribution in [1.82, 2.24) is 0 Å². The van der Waals surface area contributed by atoms with E-state index in [0.717, 1.165) is 10.8 Å². The van der Waals surface area contributed by atoms with Crippen LogP contribution >= 0.6 is 11.3 Å². The van der Waals surface area contributed by atoms with E-state index < -0.39 is 0 Å². The smallest absolute Gasteiger partial charge is 0.0632 e. The van der Waals surface area contributed by atoms with Crippen molar-refractivity contribution in [3.8, 4) is 0 Å². The van der Waals surface area contributed by atoms with E-state index in [1.807, 2.05) is 0 Å². The van der Waals surface area contributed by atoms with Crippen molar-refractivity contribution in [2.75, 3.05) is 6.61 Å². The van der Waals surface area contributed by atoms with Crippen molar-refractivity contribution in [2.45, 2.75) is 44.1 Å². The Labute approximate surface area is 95.1 Å². The summed E-state index contributed by atoms with van der Waals surface area (Å²) in [6, 6.07) is 4.09. The van der Waals surface area contributed by atoms with E-state index in [4.69, 9.17) is 10.8 Å². The SMILES string of the molecule is NC(CO)c1ccc(C2CCCCC2)s1. The van der Waals surface area contributed by atoms with E-state index in [1.165, 1.54) is 37.0 Å². The molecule has 1 unspecified atom stereocenters. The van der Waals surface area contributed by atoms with E-state index in [0.29, 0.717) is 0 Å². The number of thiophene rings is 1. The number of hydrogen-bond donors (Lipinski definition) is 2. The molecule has 1 heterocycles. The summed E-state index contributed by atoms with van der Waals surface area (Å²) in [5.41, 5.74) is 5.80. The summed E-state index contributed by atoms with van der Waals surface area (Å²) in [6.07, 6.45) is 6.78. The number of hydrogen-bond acceptors (Lipinski definition) is 3. The van der Waals surface area contributed by atoms with Crippen molar-refractivity contribution in [1.29, 1.82) is 0 Å². The van der Waals surface area contributed by atoms with E-state index in [1.54, 1.807) is 11.3 Å². The third-order valence-electron chi connectivity index (χ3n) is 3.22. The Balaban J connectivity index is 2.05. The van der Waals surface area contributed by atoms with Crippen LogP contribution < -0.4 is 5.73 Å². The Morgan fingerprint density at radius 1 is 1.33 bits per heavy atom. The van der Waals surface area contributed by atoms with Gasteiger partial charge in [0.1, 0.15) is 0 Å². The molecular weight excluding hydrogens is 206 g/mol. The maximum atomic E-state index is 8.99. The summed E-state index contributed by atoms with van der Waals surface area (Å²) >= 11 is 1.79. The zero-order valence-electron chi connectivity index (χ0n) is 8.98. The molecule has 2 rings (SSSR count). The number of rotatable bonds is 3. The summed E-state index contributed by atoms with van der Waals surface area (Å²) in [7, 11) is 0. The van der Waals surface area contributed by atoms with Gasteiger partial charge in [0.25, 0.3) is 0 Å². The topological polar surface area (TPSA) is 46.2 Å². The molecule has 1 saturated carbocycles. The van der Waals surface area contributed by atoms with Crippen molar-refractivity contribution in [3.63, 3.8) is 0 Å². The average Bonchev–Trinajstić information content (AvgIpc) is 2.78. The molecule has 1 fully saturated rings. The fourth-order valence-corrected chi connectivity index (χ4v) is 3.44. The molecule has 0 bridgehead atoms. The normalized spacial score (nSPS) is 20.4. The van der Waals surface area contributed by atoms with Gasteiger partial charge in [-0.2, -0.15) is 0 Å². The van der Waals surface area contributed by atoms with Crippen LogP contribution in [0.3, 0.4) is 0 Å². The largest absolute Gasteiger partial charge is 0.394 e. The zero-order chi connectivity index (χ0) is 10.7. The average molecular weight is 225 g/mol. The van der Waals surface area contributed by atoms with Gasteiger partial charge >= 0.3 is 0 Å². The van der Waals surface area contributed by atoms with Crippen LogP contribution in [-0.2, 0) is 0 Å². The molecule has 3 heteroatoms. The molecule has 1 aliphatic rings. The van der Waals surface area contributed by atoms with Gasteiger partial charge in [-0.1, -0.05) is 19.3 Å². The Hall–Kier alpha value is -0.380. The Bertz CT molecular complexity index is 304. The monoisotopic (exact) mass is 225 g/mol. The third kappa shape index (κ3) is 2.60. The van der Waals surface area contributed by atoms with Crippen molar-refractivity contribution in [3.05, 3.63) is 21.9 Å². The summed E-state index contributed by atoms with van der Waals surface area (Å²) in [4.78, 5) is 2.59. The molecule has 0 spiro atoms. The first-order chi connectivity index (χ1) is 7.31. The summed E-state index contributed by atoms with van der Waals surface area (Å²) in [5, 5.41) is 8.99. The van der Waals surface area contributed by atoms with E-state index in [-0.39, 0.29) is 12.6 Å². The molecule has 2 nitrogen and oxygen atoms in total. The molecule has 15 heavy (non-hydrogen) atoms. The quantitative estimate of drug-likeness (QED) is 0.831. The van der Waals surface area contributed by atoms with Crippen LogP contribution in [0.15, 0.2) is 12.1 Å². The van der Waals surface area contributed by atoms with Crippen LogP contribution in [0.25, 0.3) is 0 Å². The Kier molecular flexibility index (Phi) is 3.78. The van der Waals surface area contributed by atoms with E-state index in [9.17, 15) is 0 Å². The summed E-state index contributed by atoms with van der Waals surface area (Å²) in [6.45, 7) is 0.0462. The molecule has 1 atom stereocenters. The van der Waals surface area contributed by atoms with Gasteiger partial charge in [-0.25, -0.2) is 0 Å². The first-order valence-corrected chi connectivity index (χ1v) is 6.59. The van der Waals surface area contributed by atoms with Crippen molar-refractivity contribution >= 4 is 11.3 Å². The van der Waals surface area contributed by atoms with Crippen LogP contribution in [0.4, 0.5) is 0 Å². The van der Waals surface area contributed by atoms with Gasteiger partial charge in [0, 0.05) is 9.75 Å². The van der Waals surface area contributed by atoms with Crippen molar-refractivity contribution in [2.24, 2.45) is 5.73 Å². The third-order valence-corrected chi connectivity index (χ3v) is 4.60. The van der Waals surface area contributed by atoms with Crippen LogP contribution in [-0.4, -0.2) is 11.7 Å². The zero-order valence-corrected chi connectivity index (χ0v) is 9.80. The Morgan fingerprint density at radius 2 is 2.07 bits per heavy atom. The second-order valence-corrected chi connectivity index (χ2v) is 5.51. The lowest BCUT2D eigenvalue weighted by Gasteiger charge is -2.20. The second kappa shape index (κ2) is 5.10. The lowest BCUT2D eigenvalue weighted by atomic mass is 9.88. The fourth-order valence-electron chi connectivity index (χ4n) is 2.26. The number of nitrogens with two attached hydrogens (primary N) is 1. The maximum absolute atomic E-state index is 8.99. The molecule has 1 aromatic heterocycles. The van der Waals surface area contributed by atoms with Gasteiger partial charge < -0.3 is 10.8 Å². The van der Waals surface area contributed by atoms with Crippen LogP contribution in [0.5, 0.6) is 0 Å². The summed E-state index contributed by atoms with van der Waals surface area (Å²) < 4.78 is 0. The molecule has 84 valence electrons. The standard InChI is InChI=1S/C12H19NOS/c13-10(8-14)12-7-6-11(15-12)9-4-2-1-3-5-9/h6-7,9-10,14H,1-5,8,13H2. The molecule has 1 aliphatic carbocycles. The van der Waals surface area contributed by atoms with Gasteiger partial charge in [-0.3, -0.25) is 0 Å². The number of aliphatic hydroxyl groups is 1. The molecule has 0 radical (unpaired) electrons. The highest BCUT2D eigenvalue weighted by molar-refractivity contribution is 7.12. The fraction of sp³-hybridized carbons (Fsp3) is 0.667. The first kappa shape index (κ1) is 11.1. The summed E-state index contributed by atoms with van der Waals surface area (Å²) in [5.74, 6) is 0.753. The molecule has 0 amide bonds. The number of aliphatic hydroxyl groups excluding tert-OH is 1. The minimum atomic E-state index is -0.188. The lowest BCUT2D eigenvalue weighted by Crippen LogP contribution is -2.12. The van der Waals surface area contributed by atoms with Gasteiger partial charge in [-0.15, -0.1) is 11.3 Å². The second-order valence-electron chi connectivity index (χ2n) is 4.36. The molecule has 0 aliphatic heterocycles. The van der Waals surface area contributed by atoms with Gasteiger partial charge in [0.05, 0.1) is 12.6 Å². The molecule has 3 N–H and O–H groups in total. The van der Waals surface area contributed by atoms with Crippen molar-refractivity contribution < 1.29 is 5.11 Å². The molecule has 0 saturated heterocycles. The Morgan fingerprint density at radius 3 is 2.73 bits per heavy atom. The highest BCUT2D eigenvalue weighted by Gasteiger charge is 2.18. The molecule has 0 aromatic carbocycles. The lowest BCUT2D eigenvalue weighted by molar-refractivity contribution is 0.269. The predicted molar refractivity (Wildman–Crippen MR) is 64.2 cm³/mol. The predicted octanol–water partition coefficient (Wildman–Crippen LogP) is 2.79. The van der Waals surface area contributed by atoms with Gasteiger partial charge in [0.2, 0.25) is 0 Å². The van der Waals surface area contributed by atoms with Crippen LogP contribution in [0.1, 0.15) is 53.8 Å². The minimum Gasteiger partial charge on any atom is -0.394 e. The van der Waals surface area contributed by atoms with Crippen LogP contribution in [0, 0.1) is 0 Å². The molecule has 1 aromatic rings. The molecular formula is C12H19NOS. The van der Waals surface area contributed by atoms with Gasteiger partial charge in [-0.05, 0) is 30.9 Å². The maximum Gasteiger partial charge on any atom is 0.0632 e. The first-order valence-electron chi connectivity index (χ1n) is 5.77. The van der Waals surface area contributed by atoms with E-state index >= 15 is 0 Å². The highest BCUT2D eigenvalue weighted by Crippen LogP contribution is 2.37.